The van der Waals surface area contributed by atoms with Gasteiger partial charge in [0.05, 0.1) is 6.10 Å². The minimum atomic E-state index is 0.00557. The normalized spacial score (nSPS) is 14.2. The van der Waals surface area contributed by atoms with Crippen LogP contribution in [0.25, 0.3) is 0 Å². The molecule has 0 radical (unpaired) electrons. The summed E-state index contributed by atoms with van der Waals surface area (Å²) in [5.74, 6) is 0. The molecule has 2 N–H and O–H groups in total. The van der Waals surface area contributed by atoms with Crippen LogP contribution in [0.3, 0.4) is 0 Å². The number of unbranched alkanes of at least 4 members (excludes halogenated alkanes) is 1. The van der Waals surface area contributed by atoms with Gasteiger partial charge in [0.2, 0.25) is 0 Å². The summed E-state index contributed by atoms with van der Waals surface area (Å²) >= 11 is 0. The topological polar surface area (TPSA) is 35.2 Å². The van der Waals surface area contributed by atoms with Crippen molar-refractivity contribution >= 4 is 0 Å². The summed E-state index contributed by atoms with van der Waals surface area (Å²) < 4.78 is 5.77. The van der Waals surface area contributed by atoms with E-state index in [1.165, 1.54) is 5.56 Å². The highest BCUT2D eigenvalue weighted by Crippen LogP contribution is 2.22. The van der Waals surface area contributed by atoms with Crippen molar-refractivity contribution in [2.75, 3.05) is 6.61 Å². The minimum absolute atomic E-state index is 0.00557. The molecule has 1 aromatic carbocycles. The van der Waals surface area contributed by atoms with Crippen LogP contribution in [0.2, 0.25) is 0 Å². The minimum Gasteiger partial charge on any atom is -0.372 e. The van der Waals surface area contributed by atoms with E-state index in [-0.39, 0.29) is 12.1 Å². The van der Waals surface area contributed by atoms with Crippen LogP contribution >= 0.6 is 0 Å². The van der Waals surface area contributed by atoms with Crippen LogP contribution in [-0.2, 0) is 4.74 Å². The number of rotatable bonds is 8. The zero-order valence-corrected chi connectivity index (χ0v) is 10.6. The average molecular weight is 233 g/mol. The van der Waals surface area contributed by atoms with Crippen molar-refractivity contribution in [3.63, 3.8) is 0 Å². The highest BCUT2D eigenvalue weighted by atomic mass is 16.5. The molecule has 2 heteroatoms. The summed E-state index contributed by atoms with van der Waals surface area (Å²) in [6, 6.07) is 10.3. The number of nitrogens with two attached hydrogens (primary N) is 1. The highest BCUT2D eigenvalue weighted by molar-refractivity contribution is 5.19. The number of ether oxygens (including phenoxy) is 1. The summed E-state index contributed by atoms with van der Waals surface area (Å²) in [6.07, 6.45) is 4.99. The Kier molecular flexibility index (Phi) is 6.60. The quantitative estimate of drug-likeness (QED) is 0.551. The molecule has 17 heavy (non-hydrogen) atoms. The van der Waals surface area contributed by atoms with Gasteiger partial charge in [-0.1, -0.05) is 36.4 Å². The molecular weight excluding hydrogens is 210 g/mol. The predicted molar refractivity (Wildman–Crippen MR) is 72.8 cm³/mol. The third kappa shape index (κ3) is 4.72. The van der Waals surface area contributed by atoms with Gasteiger partial charge in [0.25, 0.3) is 0 Å². The van der Waals surface area contributed by atoms with Gasteiger partial charge in [-0.3, -0.25) is 0 Å². The van der Waals surface area contributed by atoms with Gasteiger partial charge in [-0.2, -0.15) is 0 Å². The SMILES string of the molecule is C=CCCCC(N)C(OCC)c1ccccc1. The van der Waals surface area contributed by atoms with Crippen molar-refractivity contribution in [2.45, 2.75) is 38.3 Å². The Hall–Kier alpha value is -1.12. The Morgan fingerprint density at radius 2 is 2.06 bits per heavy atom. The first-order valence-electron chi connectivity index (χ1n) is 6.32. The smallest absolute Gasteiger partial charge is 0.0975 e. The van der Waals surface area contributed by atoms with E-state index >= 15 is 0 Å². The van der Waals surface area contributed by atoms with Gasteiger partial charge in [-0.25, -0.2) is 0 Å². The van der Waals surface area contributed by atoms with Gasteiger partial charge >= 0.3 is 0 Å². The molecule has 0 aliphatic heterocycles. The molecule has 0 saturated heterocycles. The molecule has 2 nitrogen and oxygen atoms in total. The number of allylic oxidation sites excluding steroid dienone is 1. The number of hydrogen-bond acceptors (Lipinski definition) is 2. The van der Waals surface area contributed by atoms with Crippen molar-refractivity contribution in [3.05, 3.63) is 48.6 Å². The van der Waals surface area contributed by atoms with Crippen molar-refractivity contribution in [2.24, 2.45) is 5.73 Å². The van der Waals surface area contributed by atoms with Gasteiger partial charge in [-0.05, 0) is 31.7 Å². The van der Waals surface area contributed by atoms with Gasteiger partial charge in [0, 0.05) is 12.6 Å². The van der Waals surface area contributed by atoms with Crippen molar-refractivity contribution in [1.82, 2.24) is 0 Å². The van der Waals surface area contributed by atoms with Crippen LogP contribution < -0.4 is 5.73 Å². The molecule has 0 heterocycles. The average Bonchev–Trinajstić information content (AvgIpc) is 2.37. The molecule has 94 valence electrons. The molecule has 2 atom stereocenters. The number of benzene rings is 1. The number of hydrogen-bond donors (Lipinski definition) is 1. The van der Waals surface area contributed by atoms with E-state index in [0.717, 1.165) is 19.3 Å². The van der Waals surface area contributed by atoms with Gasteiger partial charge < -0.3 is 10.5 Å². The molecule has 0 spiro atoms. The first kappa shape index (κ1) is 13.9. The summed E-state index contributed by atoms with van der Waals surface area (Å²) in [5, 5.41) is 0. The fourth-order valence-corrected chi connectivity index (χ4v) is 1.94. The third-order valence-corrected chi connectivity index (χ3v) is 2.81. The van der Waals surface area contributed by atoms with E-state index in [1.54, 1.807) is 0 Å². The van der Waals surface area contributed by atoms with E-state index in [2.05, 4.69) is 18.7 Å². The van der Waals surface area contributed by atoms with Gasteiger partial charge in [-0.15, -0.1) is 6.58 Å². The second-order valence-corrected chi connectivity index (χ2v) is 4.17. The zero-order valence-electron chi connectivity index (χ0n) is 10.6. The van der Waals surface area contributed by atoms with E-state index in [1.807, 2.05) is 31.2 Å². The molecule has 1 aromatic rings. The molecule has 0 aromatic heterocycles. The third-order valence-electron chi connectivity index (χ3n) is 2.81. The molecule has 2 unspecified atom stereocenters. The van der Waals surface area contributed by atoms with E-state index in [4.69, 9.17) is 10.5 Å². The standard InChI is InChI=1S/C15H23NO/c1-3-5-7-12-14(16)15(17-4-2)13-10-8-6-9-11-13/h3,6,8-11,14-15H,1,4-5,7,12,16H2,2H3. The molecule has 0 aliphatic carbocycles. The Bertz CT molecular complexity index is 310. The highest BCUT2D eigenvalue weighted by Gasteiger charge is 2.19. The fourth-order valence-electron chi connectivity index (χ4n) is 1.94. The maximum absolute atomic E-state index is 6.22. The zero-order chi connectivity index (χ0) is 12.5. The lowest BCUT2D eigenvalue weighted by atomic mass is 9.98. The van der Waals surface area contributed by atoms with Crippen molar-refractivity contribution in [1.29, 1.82) is 0 Å². The van der Waals surface area contributed by atoms with Crippen LogP contribution in [0.1, 0.15) is 37.9 Å². The fraction of sp³-hybridized carbons (Fsp3) is 0.467. The van der Waals surface area contributed by atoms with Gasteiger partial charge in [0.1, 0.15) is 0 Å². The molecule has 0 aliphatic rings. The Morgan fingerprint density at radius 3 is 2.65 bits per heavy atom. The summed E-state index contributed by atoms with van der Waals surface area (Å²) in [7, 11) is 0. The second-order valence-electron chi connectivity index (χ2n) is 4.17. The lowest BCUT2D eigenvalue weighted by Crippen LogP contribution is -2.30. The molecule has 1 rings (SSSR count). The molecule has 0 amide bonds. The first-order valence-corrected chi connectivity index (χ1v) is 6.32. The monoisotopic (exact) mass is 233 g/mol. The van der Waals surface area contributed by atoms with Crippen molar-refractivity contribution < 1.29 is 4.74 Å². The maximum Gasteiger partial charge on any atom is 0.0975 e. The van der Waals surface area contributed by atoms with E-state index < -0.39 is 0 Å². The van der Waals surface area contributed by atoms with Crippen LogP contribution in [0.4, 0.5) is 0 Å². The Morgan fingerprint density at radius 1 is 1.35 bits per heavy atom. The summed E-state index contributed by atoms with van der Waals surface area (Å²) in [6.45, 7) is 6.42. The van der Waals surface area contributed by atoms with Crippen LogP contribution in [0.5, 0.6) is 0 Å². The molecule has 0 saturated carbocycles. The lowest BCUT2D eigenvalue weighted by Gasteiger charge is -2.24. The molecule has 0 fully saturated rings. The van der Waals surface area contributed by atoms with Crippen LogP contribution in [0, 0.1) is 0 Å². The first-order chi connectivity index (χ1) is 8.29. The molecular formula is C15H23NO. The lowest BCUT2D eigenvalue weighted by molar-refractivity contribution is 0.0408. The predicted octanol–water partition coefficient (Wildman–Crippen LogP) is 3.45. The molecule has 0 bridgehead atoms. The second kappa shape index (κ2) is 8.04. The maximum atomic E-state index is 6.22. The summed E-state index contributed by atoms with van der Waals surface area (Å²) in [4.78, 5) is 0. The van der Waals surface area contributed by atoms with Gasteiger partial charge in [0.15, 0.2) is 0 Å². The van der Waals surface area contributed by atoms with Crippen LogP contribution in [-0.4, -0.2) is 12.6 Å². The Labute approximate surface area is 104 Å². The van der Waals surface area contributed by atoms with E-state index in [9.17, 15) is 0 Å². The Balaban J connectivity index is 2.61. The van der Waals surface area contributed by atoms with Crippen LogP contribution in [0.15, 0.2) is 43.0 Å². The van der Waals surface area contributed by atoms with Crippen molar-refractivity contribution in [3.8, 4) is 0 Å². The van der Waals surface area contributed by atoms with E-state index in [0.29, 0.717) is 6.61 Å². The summed E-state index contributed by atoms with van der Waals surface area (Å²) in [5.41, 5.74) is 7.38. The largest absolute Gasteiger partial charge is 0.372 e.